The topological polar surface area (TPSA) is 84.6 Å². The summed E-state index contributed by atoms with van der Waals surface area (Å²) in [5, 5.41) is 22.9. The van der Waals surface area contributed by atoms with Gasteiger partial charge in [0.25, 0.3) is 5.69 Å². The van der Waals surface area contributed by atoms with E-state index in [1.165, 1.54) is 12.1 Å². The van der Waals surface area contributed by atoms with Gasteiger partial charge in [-0.05, 0) is 18.1 Å². The number of nitrogens with one attached hydrogen (secondary N) is 1. The highest BCUT2D eigenvalue weighted by Gasteiger charge is 2.11. The molecule has 0 saturated heterocycles. The van der Waals surface area contributed by atoms with Crippen molar-refractivity contribution in [3.63, 3.8) is 0 Å². The van der Waals surface area contributed by atoms with Gasteiger partial charge in [-0.15, -0.1) is 0 Å². The van der Waals surface area contributed by atoms with Crippen molar-refractivity contribution in [1.82, 2.24) is 5.32 Å². The molecule has 0 aliphatic rings. The number of halogens is 1. The Kier molecular flexibility index (Phi) is 6.93. The van der Waals surface area contributed by atoms with Crippen LogP contribution in [0.1, 0.15) is 12.0 Å². The van der Waals surface area contributed by atoms with Gasteiger partial charge in [0.2, 0.25) is 0 Å². The Morgan fingerprint density at radius 2 is 2.26 bits per heavy atom. The summed E-state index contributed by atoms with van der Waals surface area (Å²) in [4.78, 5) is 10.3. The summed E-state index contributed by atoms with van der Waals surface area (Å²) in [5.74, 6) is 0. The number of hydrogen-bond acceptors (Lipinski definition) is 5. The largest absolute Gasteiger partial charge is 0.396 e. The molecule has 1 rings (SSSR count). The predicted octanol–water partition coefficient (Wildman–Crippen LogP) is 1.84. The van der Waals surface area contributed by atoms with Crippen molar-refractivity contribution in [2.24, 2.45) is 0 Å². The molecule has 1 aromatic rings. The Morgan fingerprint density at radius 3 is 2.84 bits per heavy atom. The summed E-state index contributed by atoms with van der Waals surface area (Å²) in [6, 6.07) is 4.83. The minimum Gasteiger partial charge on any atom is -0.396 e. The lowest BCUT2D eigenvalue weighted by atomic mass is 10.1. The van der Waals surface area contributed by atoms with Crippen LogP contribution in [0.4, 0.5) is 5.69 Å². The van der Waals surface area contributed by atoms with Crippen LogP contribution >= 0.6 is 15.9 Å². The van der Waals surface area contributed by atoms with E-state index in [0.717, 1.165) is 5.56 Å². The third kappa shape index (κ3) is 5.65. The molecular formula is C12H17BrN2O4. The number of methoxy groups -OCH3 is 1. The first-order valence-corrected chi connectivity index (χ1v) is 6.63. The molecule has 0 aliphatic heterocycles. The maximum Gasteiger partial charge on any atom is 0.270 e. The molecule has 19 heavy (non-hydrogen) atoms. The zero-order valence-corrected chi connectivity index (χ0v) is 12.2. The summed E-state index contributed by atoms with van der Waals surface area (Å²) < 4.78 is 5.71. The Bertz CT molecular complexity index is 422. The zero-order chi connectivity index (χ0) is 14.3. The van der Waals surface area contributed by atoms with E-state index in [0.29, 0.717) is 24.0 Å². The molecular weight excluding hydrogens is 316 g/mol. The molecule has 1 aromatic carbocycles. The van der Waals surface area contributed by atoms with Crippen molar-refractivity contribution in [3.8, 4) is 0 Å². The van der Waals surface area contributed by atoms with Crippen LogP contribution < -0.4 is 5.32 Å². The fourth-order valence-corrected chi connectivity index (χ4v) is 2.23. The molecule has 2 N–H and O–H groups in total. The van der Waals surface area contributed by atoms with Crippen LogP contribution in [0.3, 0.4) is 0 Å². The van der Waals surface area contributed by atoms with E-state index in [2.05, 4.69) is 21.2 Å². The van der Waals surface area contributed by atoms with Crippen molar-refractivity contribution in [3.05, 3.63) is 38.3 Å². The molecule has 106 valence electrons. The Balaban J connectivity index is 2.67. The van der Waals surface area contributed by atoms with Gasteiger partial charge in [0, 0.05) is 42.9 Å². The van der Waals surface area contributed by atoms with Crippen molar-refractivity contribution in [1.29, 1.82) is 0 Å². The van der Waals surface area contributed by atoms with Gasteiger partial charge in [-0.1, -0.05) is 15.9 Å². The number of nitrogens with zero attached hydrogens (tertiary/aromatic N) is 1. The summed E-state index contributed by atoms with van der Waals surface area (Å²) in [7, 11) is 1.59. The predicted molar refractivity (Wildman–Crippen MR) is 75.0 cm³/mol. The van der Waals surface area contributed by atoms with E-state index >= 15 is 0 Å². The van der Waals surface area contributed by atoms with Gasteiger partial charge in [-0.2, -0.15) is 0 Å². The average Bonchev–Trinajstić information content (AvgIpc) is 2.36. The molecule has 0 bridgehead atoms. The summed E-state index contributed by atoms with van der Waals surface area (Å²) in [6.07, 6.45) is 0.573. The third-order valence-corrected chi connectivity index (χ3v) is 3.05. The highest BCUT2D eigenvalue weighted by Crippen LogP contribution is 2.21. The van der Waals surface area contributed by atoms with Crippen LogP contribution in [0, 0.1) is 10.1 Å². The molecule has 1 unspecified atom stereocenters. The van der Waals surface area contributed by atoms with E-state index < -0.39 is 4.92 Å². The zero-order valence-electron chi connectivity index (χ0n) is 10.6. The third-order valence-electron chi connectivity index (χ3n) is 2.59. The van der Waals surface area contributed by atoms with Gasteiger partial charge in [0.1, 0.15) is 0 Å². The maximum atomic E-state index is 10.8. The first-order chi connectivity index (χ1) is 9.06. The minimum atomic E-state index is -0.422. The number of aliphatic hydroxyl groups excluding tert-OH is 1. The molecule has 0 aliphatic carbocycles. The number of non-ortho nitro benzene ring substituents is 1. The van der Waals surface area contributed by atoms with Gasteiger partial charge < -0.3 is 15.2 Å². The SMILES string of the molecule is COCC(CCO)NCc1cc(Br)cc([N+](=O)[O-])c1. The van der Waals surface area contributed by atoms with Gasteiger partial charge in [-0.25, -0.2) is 0 Å². The molecule has 0 spiro atoms. The standard InChI is InChI=1S/C12H17BrN2O4/c1-19-8-11(2-3-16)14-7-9-4-10(13)6-12(5-9)15(17)18/h4-6,11,14,16H,2-3,7-8H2,1H3. The second-order valence-corrected chi connectivity index (χ2v) is 5.04. The Hall–Kier alpha value is -1.02. The highest BCUT2D eigenvalue weighted by atomic mass is 79.9. The number of hydrogen-bond donors (Lipinski definition) is 2. The van der Waals surface area contributed by atoms with Crippen molar-refractivity contribution in [2.45, 2.75) is 19.0 Å². The monoisotopic (exact) mass is 332 g/mol. The molecule has 0 amide bonds. The van der Waals surface area contributed by atoms with Crippen molar-refractivity contribution < 1.29 is 14.8 Å². The van der Waals surface area contributed by atoms with Gasteiger partial charge in [0.15, 0.2) is 0 Å². The lowest BCUT2D eigenvalue weighted by Gasteiger charge is -2.16. The second-order valence-electron chi connectivity index (χ2n) is 4.12. The van der Waals surface area contributed by atoms with E-state index in [1.54, 1.807) is 7.11 Å². The molecule has 6 nitrogen and oxygen atoms in total. The Morgan fingerprint density at radius 1 is 1.53 bits per heavy atom. The van der Waals surface area contributed by atoms with Crippen LogP contribution in [0.15, 0.2) is 22.7 Å². The van der Waals surface area contributed by atoms with Crippen LogP contribution in [-0.2, 0) is 11.3 Å². The second kappa shape index (κ2) is 8.21. The minimum absolute atomic E-state index is 0.0213. The smallest absolute Gasteiger partial charge is 0.270 e. The average molecular weight is 333 g/mol. The maximum absolute atomic E-state index is 10.8. The van der Waals surface area contributed by atoms with E-state index in [9.17, 15) is 10.1 Å². The van der Waals surface area contributed by atoms with Gasteiger partial charge >= 0.3 is 0 Å². The lowest BCUT2D eigenvalue weighted by Crippen LogP contribution is -2.33. The fourth-order valence-electron chi connectivity index (χ4n) is 1.70. The molecule has 7 heteroatoms. The number of nitro benzene ring substituents is 1. The summed E-state index contributed by atoms with van der Waals surface area (Å²) >= 11 is 3.25. The van der Waals surface area contributed by atoms with Crippen molar-refractivity contribution in [2.75, 3.05) is 20.3 Å². The van der Waals surface area contributed by atoms with E-state index in [1.807, 2.05) is 6.07 Å². The van der Waals surface area contributed by atoms with Crippen LogP contribution in [0.5, 0.6) is 0 Å². The highest BCUT2D eigenvalue weighted by molar-refractivity contribution is 9.10. The van der Waals surface area contributed by atoms with Crippen LogP contribution in [-0.4, -0.2) is 36.4 Å². The van der Waals surface area contributed by atoms with E-state index in [-0.39, 0.29) is 18.3 Å². The van der Waals surface area contributed by atoms with Gasteiger partial charge in [0.05, 0.1) is 11.5 Å². The summed E-state index contributed by atoms with van der Waals surface area (Å²) in [5.41, 5.74) is 0.858. The van der Waals surface area contributed by atoms with Crippen LogP contribution in [0.25, 0.3) is 0 Å². The van der Waals surface area contributed by atoms with Gasteiger partial charge in [-0.3, -0.25) is 10.1 Å². The first kappa shape index (κ1) is 16.0. The lowest BCUT2D eigenvalue weighted by molar-refractivity contribution is -0.385. The number of aliphatic hydroxyl groups is 1. The quantitative estimate of drug-likeness (QED) is 0.560. The van der Waals surface area contributed by atoms with Crippen LogP contribution in [0.2, 0.25) is 0 Å². The Labute approximate surface area is 120 Å². The molecule has 0 saturated carbocycles. The first-order valence-electron chi connectivity index (χ1n) is 5.84. The number of nitro groups is 1. The number of benzene rings is 1. The van der Waals surface area contributed by atoms with Crippen molar-refractivity contribution >= 4 is 21.6 Å². The normalized spacial score (nSPS) is 12.4. The molecule has 0 heterocycles. The summed E-state index contributed by atoms with van der Waals surface area (Å²) in [6.45, 7) is 1.03. The molecule has 1 atom stereocenters. The number of rotatable bonds is 8. The molecule has 0 radical (unpaired) electrons. The molecule has 0 fully saturated rings. The van der Waals surface area contributed by atoms with E-state index in [4.69, 9.17) is 9.84 Å². The fraction of sp³-hybridized carbons (Fsp3) is 0.500. The molecule has 0 aromatic heterocycles. The number of ether oxygens (including phenoxy) is 1.